The van der Waals surface area contributed by atoms with Crippen LogP contribution in [0.3, 0.4) is 0 Å². The Bertz CT molecular complexity index is 561. The van der Waals surface area contributed by atoms with Crippen molar-refractivity contribution >= 4 is 0 Å². The summed E-state index contributed by atoms with van der Waals surface area (Å²) in [6.07, 6.45) is 6.88. The molecular formula is C14H17N3. The zero-order valence-electron chi connectivity index (χ0n) is 10.6. The van der Waals surface area contributed by atoms with Crippen molar-refractivity contribution in [3.8, 4) is 11.4 Å². The molecule has 0 radical (unpaired) electrons. The second-order valence-corrected chi connectivity index (χ2v) is 5.65. The minimum atomic E-state index is 0.149. The standard InChI is InChI=1S/C14H17N3/c1-14(2,3)12-9-16-13-11-4-6-15-8-10(11)5-7-17(12)13/h4,6,8-9H,5,7H2,1-3H3. The number of pyridine rings is 1. The lowest BCUT2D eigenvalue weighted by atomic mass is 9.92. The summed E-state index contributed by atoms with van der Waals surface area (Å²) in [7, 11) is 0. The highest BCUT2D eigenvalue weighted by Gasteiger charge is 2.25. The van der Waals surface area contributed by atoms with Crippen molar-refractivity contribution in [1.29, 1.82) is 0 Å². The molecule has 0 bridgehead atoms. The summed E-state index contributed by atoms with van der Waals surface area (Å²) in [5, 5.41) is 0. The van der Waals surface area contributed by atoms with Crippen molar-refractivity contribution < 1.29 is 0 Å². The van der Waals surface area contributed by atoms with Gasteiger partial charge in [-0.25, -0.2) is 4.98 Å². The maximum Gasteiger partial charge on any atom is 0.140 e. The average Bonchev–Trinajstić information content (AvgIpc) is 2.72. The highest BCUT2D eigenvalue weighted by atomic mass is 15.1. The number of fused-ring (bicyclic) bond motifs is 3. The summed E-state index contributed by atoms with van der Waals surface area (Å²) in [6, 6.07) is 2.07. The lowest BCUT2D eigenvalue weighted by Crippen LogP contribution is -2.21. The number of imidazole rings is 1. The number of aryl methyl sites for hydroxylation is 1. The van der Waals surface area contributed by atoms with Gasteiger partial charge in [0.25, 0.3) is 0 Å². The monoisotopic (exact) mass is 227 g/mol. The van der Waals surface area contributed by atoms with Gasteiger partial charge in [-0.3, -0.25) is 4.98 Å². The van der Waals surface area contributed by atoms with E-state index in [2.05, 4.69) is 41.4 Å². The number of aromatic nitrogens is 3. The number of hydrogen-bond acceptors (Lipinski definition) is 2. The maximum atomic E-state index is 4.60. The zero-order valence-corrected chi connectivity index (χ0v) is 10.6. The van der Waals surface area contributed by atoms with E-state index in [9.17, 15) is 0 Å². The molecule has 1 aliphatic heterocycles. The van der Waals surface area contributed by atoms with Gasteiger partial charge in [-0.05, 0) is 18.1 Å². The Morgan fingerprint density at radius 2 is 2.06 bits per heavy atom. The van der Waals surface area contributed by atoms with Crippen molar-refractivity contribution in [1.82, 2.24) is 14.5 Å². The normalized spacial score (nSPS) is 14.3. The third-order valence-corrected chi connectivity index (χ3v) is 3.37. The van der Waals surface area contributed by atoms with Gasteiger partial charge in [0.2, 0.25) is 0 Å². The quantitative estimate of drug-likeness (QED) is 0.693. The minimum absolute atomic E-state index is 0.149. The molecule has 0 fully saturated rings. The van der Waals surface area contributed by atoms with Gasteiger partial charge < -0.3 is 4.57 Å². The van der Waals surface area contributed by atoms with Crippen molar-refractivity contribution in [2.24, 2.45) is 0 Å². The van der Waals surface area contributed by atoms with Crippen LogP contribution < -0.4 is 0 Å². The first kappa shape index (κ1) is 10.5. The van der Waals surface area contributed by atoms with Crippen LogP contribution in [-0.2, 0) is 18.4 Å². The SMILES string of the molecule is CC(C)(C)c1cnc2n1CCc1cnccc1-2. The van der Waals surface area contributed by atoms with Crippen LogP contribution in [0.1, 0.15) is 32.0 Å². The van der Waals surface area contributed by atoms with E-state index < -0.39 is 0 Å². The van der Waals surface area contributed by atoms with Crippen LogP contribution in [0, 0.1) is 0 Å². The largest absolute Gasteiger partial charge is 0.327 e. The third-order valence-electron chi connectivity index (χ3n) is 3.37. The van der Waals surface area contributed by atoms with E-state index in [1.807, 2.05) is 18.6 Å². The van der Waals surface area contributed by atoms with E-state index >= 15 is 0 Å². The summed E-state index contributed by atoms with van der Waals surface area (Å²) >= 11 is 0. The third kappa shape index (κ3) is 1.57. The number of rotatable bonds is 0. The molecule has 3 heterocycles. The molecule has 3 heteroatoms. The molecular weight excluding hydrogens is 210 g/mol. The van der Waals surface area contributed by atoms with Gasteiger partial charge in [0.1, 0.15) is 5.82 Å². The van der Waals surface area contributed by atoms with Gasteiger partial charge in [0.05, 0.1) is 0 Å². The molecule has 0 aromatic carbocycles. The van der Waals surface area contributed by atoms with E-state index in [4.69, 9.17) is 0 Å². The van der Waals surface area contributed by atoms with Crippen LogP contribution in [0.2, 0.25) is 0 Å². The van der Waals surface area contributed by atoms with Gasteiger partial charge in [-0.2, -0.15) is 0 Å². The van der Waals surface area contributed by atoms with E-state index in [0.29, 0.717) is 0 Å². The molecule has 0 saturated heterocycles. The molecule has 2 aromatic rings. The van der Waals surface area contributed by atoms with E-state index in [-0.39, 0.29) is 5.41 Å². The summed E-state index contributed by atoms with van der Waals surface area (Å²) < 4.78 is 2.35. The summed E-state index contributed by atoms with van der Waals surface area (Å²) in [5.41, 5.74) is 4.01. The second kappa shape index (κ2) is 3.42. The first-order valence-corrected chi connectivity index (χ1v) is 6.06. The van der Waals surface area contributed by atoms with Crippen LogP contribution in [0.5, 0.6) is 0 Å². The molecule has 0 N–H and O–H groups in total. The molecule has 0 atom stereocenters. The lowest BCUT2D eigenvalue weighted by Gasteiger charge is -2.25. The topological polar surface area (TPSA) is 30.7 Å². The summed E-state index contributed by atoms with van der Waals surface area (Å²) in [4.78, 5) is 8.79. The molecule has 0 amide bonds. The predicted octanol–water partition coefficient (Wildman–Crippen LogP) is 2.80. The number of nitrogens with zero attached hydrogens (tertiary/aromatic N) is 3. The van der Waals surface area contributed by atoms with Crippen LogP contribution in [0.4, 0.5) is 0 Å². The highest BCUT2D eigenvalue weighted by molar-refractivity contribution is 5.62. The van der Waals surface area contributed by atoms with Crippen molar-refractivity contribution in [2.75, 3.05) is 0 Å². The fourth-order valence-corrected chi connectivity index (χ4v) is 2.49. The minimum Gasteiger partial charge on any atom is -0.327 e. The Morgan fingerprint density at radius 3 is 2.82 bits per heavy atom. The maximum absolute atomic E-state index is 4.60. The molecule has 0 aliphatic carbocycles. The Kier molecular flexibility index (Phi) is 2.12. The molecule has 17 heavy (non-hydrogen) atoms. The van der Waals surface area contributed by atoms with Crippen LogP contribution in [0.25, 0.3) is 11.4 Å². The second-order valence-electron chi connectivity index (χ2n) is 5.65. The Balaban J connectivity index is 2.20. The van der Waals surface area contributed by atoms with E-state index in [1.165, 1.54) is 16.8 Å². The van der Waals surface area contributed by atoms with Gasteiger partial charge in [0.15, 0.2) is 0 Å². The lowest BCUT2D eigenvalue weighted by molar-refractivity contribution is 0.514. The molecule has 2 aromatic heterocycles. The summed E-state index contributed by atoms with van der Waals surface area (Å²) in [6.45, 7) is 7.72. The molecule has 88 valence electrons. The van der Waals surface area contributed by atoms with E-state index in [0.717, 1.165) is 18.8 Å². The fourth-order valence-electron chi connectivity index (χ4n) is 2.49. The molecule has 3 rings (SSSR count). The van der Waals surface area contributed by atoms with Crippen molar-refractivity contribution in [3.63, 3.8) is 0 Å². The van der Waals surface area contributed by atoms with Gasteiger partial charge in [-0.1, -0.05) is 20.8 Å². The summed E-state index contributed by atoms with van der Waals surface area (Å²) in [5.74, 6) is 1.10. The average molecular weight is 227 g/mol. The van der Waals surface area contributed by atoms with E-state index in [1.54, 1.807) is 0 Å². The molecule has 0 unspecified atom stereocenters. The van der Waals surface area contributed by atoms with Crippen molar-refractivity contribution in [2.45, 2.75) is 39.2 Å². The van der Waals surface area contributed by atoms with Crippen molar-refractivity contribution in [3.05, 3.63) is 35.9 Å². The molecule has 0 saturated carbocycles. The fraction of sp³-hybridized carbons (Fsp3) is 0.429. The Morgan fingerprint density at radius 1 is 1.24 bits per heavy atom. The van der Waals surface area contributed by atoms with Crippen LogP contribution in [-0.4, -0.2) is 14.5 Å². The Labute approximate surface area is 102 Å². The first-order chi connectivity index (χ1) is 8.07. The number of hydrogen-bond donors (Lipinski definition) is 0. The predicted molar refractivity (Wildman–Crippen MR) is 67.9 cm³/mol. The smallest absolute Gasteiger partial charge is 0.140 e. The molecule has 0 spiro atoms. The molecule has 3 nitrogen and oxygen atoms in total. The van der Waals surface area contributed by atoms with Gasteiger partial charge in [0, 0.05) is 41.8 Å². The molecule has 1 aliphatic rings. The van der Waals surface area contributed by atoms with Crippen LogP contribution >= 0.6 is 0 Å². The van der Waals surface area contributed by atoms with Crippen LogP contribution in [0.15, 0.2) is 24.7 Å². The van der Waals surface area contributed by atoms with Gasteiger partial charge >= 0.3 is 0 Å². The first-order valence-electron chi connectivity index (χ1n) is 6.06. The van der Waals surface area contributed by atoms with Gasteiger partial charge in [-0.15, -0.1) is 0 Å². The zero-order chi connectivity index (χ0) is 12.0. The Hall–Kier alpha value is -1.64. The highest BCUT2D eigenvalue weighted by Crippen LogP contribution is 2.32.